The number of H-pyrrole nitrogens is 1. The molecule has 1 aromatic heterocycles. The summed E-state index contributed by atoms with van der Waals surface area (Å²) >= 11 is 0. The van der Waals surface area contributed by atoms with Gasteiger partial charge in [0.1, 0.15) is 22.9 Å². The first kappa shape index (κ1) is 18.6. The summed E-state index contributed by atoms with van der Waals surface area (Å²) in [6.07, 6.45) is 0. The molecule has 0 atom stereocenters. The normalized spacial score (nSPS) is 10.7. The first-order valence-electron chi connectivity index (χ1n) is 9.39. The zero-order valence-corrected chi connectivity index (χ0v) is 16.4. The third kappa shape index (κ3) is 4.41. The van der Waals surface area contributed by atoms with Gasteiger partial charge in [-0.15, -0.1) is 0 Å². The number of rotatable bonds is 6. The fourth-order valence-electron chi connectivity index (χ4n) is 3.13. The summed E-state index contributed by atoms with van der Waals surface area (Å²) in [6.45, 7) is 2.47. The van der Waals surface area contributed by atoms with Crippen molar-refractivity contribution in [2.45, 2.75) is 13.5 Å². The van der Waals surface area contributed by atoms with Crippen LogP contribution in [0.3, 0.4) is 0 Å². The van der Waals surface area contributed by atoms with E-state index in [1.807, 2.05) is 79.7 Å². The van der Waals surface area contributed by atoms with Crippen LogP contribution in [-0.2, 0) is 6.54 Å². The first-order chi connectivity index (χ1) is 14.1. The maximum absolute atomic E-state index is 12.5. The summed E-state index contributed by atoms with van der Waals surface area (Å²) in [7, 11) is 1.63. The molecule has 0 aliphatic carbocycles. The highest BCUT2D eigenvalue weighted by molar-refractivity contribution is 5.98. The number of amides is 1. The lowest BCUT2D eigenvalue weighted by Crippen LogP contribution is -2.22. The number of aromatic nitrogens is 1. The van der Waals surface area contributed by atoms with Crippen LogP contribution in [0.5, 0.6) is 17.2 Å². The van der Waals surface area contributed by atoms with Crippen LogP contribution >= 0.6 is 0 Å². The summed E-state index contributed by atoms with van der Waals surface area (Å²) in [5.41, 5.74) is 3.54. The first-order valence-corrected chi connectivity index (χ1v) is 9.39. The highest BCUT2D eigenvalue weighted by Crippen LogP contribution is 2.26. The third-order valence-corrected chi connectivity index (χ3v) is 4.67. The summed E-state index contributed by atoms with van der Waals surface area (Å²) in [5.74, 6) is 2.15. The van der Waals surface area contributed by atoms with Crippen molar-refractivity contribution >= 4 is 16.8 Å². The molecule has 146 valence electrons. The summed E-state index contributed by atoms with van der Waals surface area (Å²) in [4.78, 5) is 15.7. The Morgan fingerprint density at radius 2 is 1.69 bits per heavy atom. The zero-order valence-electron chi connectivity index (χ0n) is 16.4. The number of carbonyl (C=O) groups excluding carboxylic acids is 1. The van der Waals surface area contributed by atoms with Crippen LogP contribution in [0.4, 0.5) is 0 Å². The molecule has 0 saturated carbocycles. The Kier molecular flexibility index (Phi) is 5.20. The Balaban J connectivity index is 1.45. The summed E-state index contributed by atoms with van der Waals surface area (Å²) in [6, 6.07) is 23.1. The van der Waals surface area contributed by atoms with Gasteiger partial charge in [0.15, 0.2) is 0 Å². The lowest BCUT2D eigenvalue weighted by molar-refractivity contribution is 0.0946. The molecule has 4 aromatic rings. The number of ether oxygens (including phenoxy) is 2. The molecule has 0 radical (unpaired) electrons. The number of hydrogen-bond acceptors (Lipinski definition) is 3. The molecule has 3 aromatic carbocycles. The van der Waals surface area contributed by atoms with E-state index in [-0.39, 0.29) is 5.91 Å². The molecule has 5 heteroatoms. The van der Waals surface area contributed by atoms with Gasteiger partial charge in [0.25, 0.3) is 5.91 Å². The van der Waals surface area contributed by atoms with Crippen molar-refractivity contribution in [1.29, 1.82) is 0 Å². The van der Waals surface area contributed by atoms with Crippen molar-refractivity contribution in [3.8, 4) is 17.2 Å². The average molecular weight is 386 g/mol. The Morgan fingerprint density at radius 1 is 0.931 bits per heavy atom. The Morgan fingerprint density at radius 3 is 2.45 bits per heavy atom. The van der Waals surface area contributed by atoms with Gasteiger partial charge >= 0.3 is 0 Å². The summed E-state index contributed by atoms with van der Waals surface area (Å²) < 4.78 is 11.1. The molecule has 29 heavy (non-hydrogen) atoms. The maximum atomic E-state index is 12.5. The second-order valence-corrected chi connectivity index (χ2v) is 6.88. The van der Waals surface area contributed by atoms with Crippen molar-refractivity contribution in [1.82, 2.24) is 10.3 Å². The maximum Gasteiger partial charge on any atom is 0.267 e. The Hall–Kier alpha value is -3.73. The lowest BCUT2D eigenvalue weighted by atomic mass is 10.2. The second-order valence-electron chi connectivity index (χ2n) is 6.88. The van der Waals surface area contributed by atoms with Gasteiger partial charge in [-0.25, -0.2) is 0 Å². The molecule has 2 N–H and O–H groups in total. The molecule has 0 unspecified atom stereocenters. The minimum Gasteiger partial charge on any atom is -0.497 e. The average Bonchev–Trinajstić information content (AvgIpc) is 3.16. The van der Waals surface area contributed by atoms with Crippen molar-refractivity contribution in [3.63, 3.8) is 0 Å². The van der Waals surface area contributed by atoms with Gasteiger partial charge < -0.3 is 19.8 Å². The van der Waals surface area contributed by atoms with Crippen LogP contribution in [0.25, 0.3) is 10.9 Å². The van der Waals surface area contributed by atoms with Gasteiger partial charge in [-0.05, 0) is 66.6 Å². The topological polar surface area (TPSA) is 63.4 Å². The molecule has 0 aliphatic rings. The predicted octanol–water partition coefficient (Wildman–Crippen LogP) is 5.21. The molecule has 1 heterocycles. The van der Waals surface area contributed by atoms with Crippen LogP contribution in [0.1, 0.15) is 21.6 Å². The van der Waals surface area contributed by atoms with E-state index in [1.165, 1.54) is 0 Å². The van der Waals surface area contributed by atoms with E-state index < -0.39 is 0 Å². The molecule has 0 bridgehead atoms. The van der Waals surface area contributed by atoms with E-state index in [4.69, 9.17) is 9.47 Å². The molecule has 0 spiro atoms. The summed E-state index contributed by atoms with van der Waals surface area (Å²) in [5, 5.41) is 3.85. The fraction of sp³-hybridized carbons (Fsp3) is 0.125. The SMILES string of the molecule is COc1ccc(CNC(=O)c2cc3cc(Oc4cccc(C)c4)ccc3[nH]2)cc1. The fourth-order valence-corrected chi connectivity index (χ4v) is 3.13. The van der Waals surface area contributed by atoms with E-state index in [0.717, 1.165) is 39.3 Å². The van der Waals surface area contributed by atoms with E-state index in [0.29, 0.717) is 12.2 Å². The second kappa shape index (κ2) is 8.10. The van der Waals surface area contributed by atoms with Crippen molar-refractivity contribution in [3.05, 3.63) is 89.6 Å². The lowest BCUT2D eigenvalue weighted by Gasteiger charge is -2.06. The van der Waals surface area contributed by atoms with Crippen LogP contribution < -0.4 is 14.8 Å². The number of aromatic amines is 1. The molecular formula is C24H22N2O3. The van der Waals surface area contributed by atoms with Crippen molar-refractivity contribution in [2.75, 3.05) is 7.11 Å². The van der Waals surface area contributed by atoms with Crippen molar-refractivity contribution < 1.29 is 14.3 Å². The monoisotopic (exact) mass is 386 g/mol. The predicted molar refractivity (Wildman–Crippen MR) is 114 cm³/mol. The molecule has 4 rings (SSSR count). The molecule has 0 aliphatic heterocycles. The van der Waals surface area contributed by atoms with E-state index >= 15 is 0 Å². The highest BCUT2D eigenvalue weighted by atomic mass is 16.5. The Labute approximate surface area is 169 Å². The number of fused-ring (bicyclic) bond motifs is 1. The van der Waals surface area contributed by atoms with Gasteiger partial charge in [-0.3, -0.25) is 4.79 Å². The highest BCUT2D eigenvalue weighted by Gasteiger charge is 2.10. The molecular weight excluding hydrogens is 364 g/mol. The Bertz CT molecular complexity index is 1150. The molecule has 1 amide bonds. The van der Waals surface area contributed by atoms with Gasteiger partial charge in [0.05, 0.1) is 7.11 Å². The van der Waals surface area contributed by atoms with E-state index in [1.54, 1.807) is 7.11 Å². The largest absolute Gasteiger partial charge is 0.497 e. The molecule has 0 saturated heterocycles. The number of aryl methyl sites for hydroxylation is 1. The zero-order chi connectivity index (χ0) is 20.2. The van der Waals surface area contributed by atoms with Gasteiger partial charge in [0.2, 0.25) is 0 Å². The van der Waals surface area contributed by atoms with E-state index in [2.05, 4.69) is 10.3 Å². The van der Waals surface area contributed by atoms with Gasteiger partial charge in [0, 0.05) is 17.4 Å². The van der Waals surface area contributed by atoms with Crippen LogP contribution in [-0.4, -0.2) is 18.0 Å². The van der Waals surface area contributed by atoms with E-state index in [9.17, 15) is 4.79 Å². The van der Waals surface area contributed by atoms with Crippen LogP contribution in [0.2, 0.25) is 0 Å². The number of benzene rings is 3. The van der Waals surface area contributed by atoms with Gasteiger partial charge in [-0.1, -0.05) is 24.3 Å². The number of methoxy groups -OCH3 is 1. The molecule has 0 fully saturated rings. The minimum absolute atomic E-state index is 0.154. The quantitative estimate of drug-likeness (QED) is 0.478. The van der Waals surface area contributed by atoms with Crippen molar-refractivity contribution in [2.24, 2.45) is 0 Å². The van der Waals surface area contributed by atoms with Crippen LogP contribution in [0, 0.1) is 6.92 Å². The number of carbonyl (C=O) groups is 1. The van der Waals surface area contributed by atoms with Gasteiger partial charge in [-0.2, -0.15) is 0 Å². The number of nitrogens with one attached hydrogen (secondary N) is 2. The minimum atomic E-state index is -0.154. The smallest absolute Gasteiger partial charge is 0.267 e. The number of hydrogen-bond donors (Lipinski definition) is 2. The third-order valence-electron chi connectivity index (χ3n) is 4.67. The molecule has 5 nitrogen and oxygen atoms in total. The van der Waals surface area contributed by atoms with Crippen LogP contribution in [0.15, 0.2) is 72.8 Å². The standard InChI is InChI=1S/C24H22N2O3/c1-16-4-3-5-20(12-16)29-21-10-11-22-18(13-21)14-23(26-22)24(27)25-15-17-6-8-19(28-2)9-7-17/h3-14,26H,15H2,1-2H3,(H,25,27).